The summed E-state index contributed by atoms with van der Waals surface area (Å²) in [7, 11) is 1.76. The molecular formula is C19H28Cl2N4O2. The van der Waals surface area contributed by atoms with Crippen molar-refractivity contribution >= 4 is 35.8 Å². The molecule has 2 saturated heterocycles. The molecule has 0 bridgehead atoms. The van der Waals surface area contributed by atoms with E-state index in [4.69, 9.17) is 11.6 Å². The van der Waals surface area contributed by atoms with E-state index in [1.54, 1.807) is 18.0 Å². The van der Waals surface area contributed by atoms with E-state index >= 15 is 0 Å². The minimum absolute atomic E-state index is 0. The number of hydrogen-bond donors (Lipinski definition) is 2. The summed E-state index contributed by atoms with van der Waals surface area (Å²) in [4.78, 5) is 29.0. The average Bonchev–Trinajstić information content (AvgIpc) is 2.94. The summed E-state index contributed by atoms with van der Waals surface area (Å²) < 4.78 is 0. The highest BCUT2D eigenvalue weighted by Gasteiger charge is 2.42. The lowest BCUT2D eigenvalue weighted by Crippen LogP contribution is -2.44. The van der Waals surface area contributed by atoms with Gasteiger partial charge in [0.2, 0.25) is 11.8 Å². The molecule has 2 N–H and O–H groups in total. The summed E-state index contributed by atoms with van der Waals surface area (Å²) in [6, 6.07) is 7.17. The number of carbonyl (C=O) groups is 2. The molecule has 2 atom stereocenters. The van der Waals surface area contributed by atoms with E-state index in [2.05, 4.69) is 15.5 Å². The Balaban J connectivity index is 0.00000261. The van der Waals surface area contributed by atoms with Gasteiger partial charge in [0.25, 0.3) is 0 Å². The van der Waals surface area contributed by atoms with Crippen LogP contribution in [0.2, 0.25) is 5.02 Å². The van der Waals surface area contributed by atoms with Gasteiger partial charge in [-0.2, -0.15) is 0 Å². The van der Waals surface area contributed by atoms with E-state index in [-0.39, 0.29) is 42.6 Å². The lowest BCUT2D eigenvalue weighted by Gasteiger charge is -2.27. The van der Waals surface area contributed by atoms with Gasteiger partial charge in [-0.15, -0.1) is 12.4 Å². The maximum Gasteiger partial charge on any atom is 0.226 e. The van der Waals surface area contributed by atoms with Crippen LogP contribution >= 0.6 is 24.0 Å². The summed E-state index contributed by atoms with van der Waals surface area (Å²) in [6.45, 7) is 5.82. The monoisotopic (exact) mass is 414 g/mol. The predicted molar refractivity (Wildman–Crippen MR) is 109 cm³/mol. The topological polar surface area (TPSA) is 64.7 Å². The van der Waals surface area contributed by atoms with Crippen molar-refractivity contribution in [3.8, 4) is 0 Å². The molecule has 2 amide bonds. The van der Waals surface area contributed by atoms with Crippen LogP contribution in [0.3, 0.4) is 0 Å². The molecule has 2 fully saturated rings. The number of amides is 2. The summed E-state index contributed by atoms with van der Waals surface area (Å²) in [5.74, 6) is -0.422. The average molecular weight is 415 g/mol. The summed E-state index contributed by atoms with van der Waals surface area (Å²) in [6.07, 6.45) is 1.17. The van der Waals surface area contributed by atoms with Gasteiger partial charge in [0.15, 0.2) is 0 Å². The molecule has 0 saturated carbocycles. The fourth-order valence-corrected chi connectivity index (χ4v) is 4.03. The second-order valence-corrected chi connectivity index (χ2v) is 7.49. The first-order valence-corrected chi connectivity index (χ1v) is 9.66. The normalized spacial score (nSPS) is 23.2. The van der Waals surface area contributed by atoms with E-state index in [1.807, 2.05) is 18.2 Å². The Labute approximate surface area is 172 Å². The Hall–Kier alpha value is -1.34. The predicted octanol–water partition coefficient (Wildman–Crippen LogP) is 1.69. The van der Waals surface area contributed by atoms with Crippen LogP contribution in [-0.4, -0.2) is 67.9 Å². The van der Waals surface area contributed by atoms with E-state index in [0.717, 1.165) is 44.7 Å². The van der Waals surface area contributed by atoms with Crippen molar-refractivity contribution in [1.29, 1.82) is 0 Å². The van der Waals surface area contributed by atoms with Crippen LogP contribution in [0.1, 0.15) is 24.4 Å². The lowest BCUT2D eigenvalue weighted by atomic mass is 9.93. The van der Waals surface area contributed by atoms with Gasteiger partial charge in [-0.05, 0) is 30.7 Å². The summed E-state index contributed by atoms with van der Waals surface area (Å²) in [5, 5.41) is 6.98. The molecule has 0 aliphatic carbocycles. The first kappa shape index (κ1) is 22.0. The van der Waals surface area contributed by atoms with Crippen LogP contribution in [-0.2, 0) is 9.59 Å². The molecule has 1 aromatic rings. The van der Waals surface area contributed by atoms with Crippen LogP contribution in [0, 0.1) is 5.92 Å². The molecule has 150 valence electrons. The third-order valence-corrected chi connectivity index (χ3v) is 5.51. The van der Waals surface area contributed by atoms with Gasteiger partial charge in [-0.3, -0.25) is 9.59 Å². The third-order valence-electron chi connectivity index (χ3n) is 5.27. The standard InChI is InChI=1S/C19H27ClN4O2.ClH/c1-23-17(25)13-16(18(23)14-4-2-5-15(20)12-14)19(26)22-6-3-9-24-10-7-21-8-11-24;/h2,4-5,12,16,18,21H,3,6-11,13H2,1H3,(H,22,26);1H. The Morgan fingerprint density at radius 2 is 2.07 bits per heavy atom. The van der Waals surface area contributed by atoms with Gasteiger partial charge < -0.3 is 20.4 Å². The van der Waals surface area contributed by atoms with Crippen molar-refractivity contribution in [1.82, 2.24) is 20.4 Å². The Morgan fingerprint density at radius 3 is 2.78 bits per heavy atom. The molecule has 1 aromatic carbocycles. The van der Waals surface area contributed by atoms with Gasteiger partial charge in [0, 0.05) is 51.2 Å². The van der Waals surface area contributed by atoms with Crippen molar-refractivity contribution in [2.45, 2.75) is 18.9 Å². The highest BCUT2D eigenvalue weighted by molar-refractivity contribution is 6.30. The molecule has 2 unspecified atom stereocenters. The molecule has 0 spiro atoms. The maximum absolute atomic E-state index is 12.7. The van der Waals surface area contributed by atoms with Crippen molar-refractivity contribution in [2.24, 2.45) is 5.92 Å². The number of likely N-dealkylation sites (tertiary alicyclic amines) is 1. The zero-order chi connectivity index (χ0) is 18.5. The zero-order valence-electron chi connectivity index (χ0n) is 15.6. The smallest absolute Gasteiger partial charge is 0.226 e. The summed E-state index contributed by atoms with van der Waals surface area (Å²) >= 11 is 6.10. The van der Waals surface area contributed by atoms with E-state index in [1.165, 1.54) is 0 Å². The van der Waals surface area contributed by atoms with Crippen molar-refractivity contribution in [3.05, 3.63) is 34.9 Å². The van der Waals surface area contributed by atoms with Gasteiger partial charge in [-0.1, -0.05) is 23.7 Å². The number of hydrogen-bond acceptors (Lipinski definition) is 4. The van der Waals surface area contributed by atoms with Crippen LogP contribution < -0.4 is 10.6 Å². The van der Waals surface area contributed by atoms with Crippen LogP contribution in [0.4, 0.5) is 0 Å². The maximum atomic E-state index is 12.7. The largest absolute Gasteiger partial charge is 0.356 e. The highest BCUT2D eigenvalue weighted by atomic mass is 35.5. The number of benzene rings is 1. The molecule has 0 aromatic heterocycles. The molecule has 2 heterocycles. The lowest BCUT2D eigenvalue weighted by molar-refractivity contribution is -0.128. The van der Waals surface area contributed by atoms with Crippen molar-refractivity contribution in [2.75, 3.05) is 46.3 Å². The Bertz CT molecular complexity index is 652. The minimum Gasteiger partial charge on any atom is -0.356 e. The molecule has 27 heavy (non-hydrogen) atoms. The first-order chi connectivity index (χ1) is 12.6. The quantitative estimate of drug-likeness (QED) is 0.695. The van der Waals surface area contributed by atoms with Gasteiger partial charge >= 0.3 is 0 Å². The molecule has 8 heteroatoms. The fourth-order valence-electron chi connectivity index (χ4n) is 3.83. The minimum atomic E-state index is -0.370. The van der Waals surface area contributed by atoms with Crippen LogP contribution in [0.5, 0.6) is 0 Å². The fraction of sp³-hybridized carbons (Fsp3) is 0.579. The second-order valence-electron chi connectivity index (χ2n) is 7.05. The zero-order valence-corrected chi connectivity index (χ0v) is 17.2. The van der Waals surface area contributed by atoms with E-state index in [9.17, 15) is 9.59 Å². The number of halogens is 2. The molecule has 3 rings (SSSR count). The van der Waals surface area contributed by atoms with Crippen LogP contribution in [0.15, 0.2) is 24.3 Å². The Morgan fingerprint density at radius 1 is 1.33 bits per heavy atom. The molecule has 2 aliphatic heterocycles. The van der Waals surface area contributed by atoms with Gasteiger partial charge in [0.1, 0.15) is 0 Å². The first-order valence-electron chi connectivity index (χ1n) is 9.28. The molecular weight excluding hydrogens is 387 g/mol. The number of carbonyl (C=O) groups excluding carboxylic acids is 2. The Kier molecular flexibility index (Phi) is 8.35. The number of piperazine rings is 1. The third kappa shape index (κ3) is 5.57. The molecule has 0 radical (unpaired) electrons. The molecule has 6 nitrogen and oxygen atoms in total. The molecule has 2 aliphatic rings. The van der Waals surface area contributed by atoms with Crippen LogP contribution in [0.25, 0.3) is 0 Å². The van der Waals surface area contributed by atoms with E-state index < -0.39 is 0 Å². The van der Waals surface area contributed by atoms with Gasteiger partial charge in [0.05, 0.1) is 12.0 Å². The van der Waals surface area contributed by atoms with Crippen molar-refractivity contribution < 1.29 is 9.59 Å². The number of nitrogens with zero attached hydrogens (tertiary/aromatic N) is 2. The highest BCUT2D eigenvalue weighted by Crippen LogP contribution is 2.37. The summed E-state index contributed by atoms with van der Waals surface area (Å²) in [5.41, 5.74) is 0.909. The number of nitrogens with one attached hydrogen (secondary N) is 2. The van der Waals surface area contributed by atoms with E-state index in [0.29, 0.717) is 11.6 Å². The van der Waals surface area contributed by atoms with Crippen molar-refractivity contribution in [3.63, 3.8) is 0 Å². The SMILES string of the molecule is CN1C(=O)CC(C(=O)NCCCN2CCNCC2)C1c1cccc(Cl)c1.Cl. The van der Waals surface area contributed by atoms with Gasteiger partial charge in [-0.25, -0.2) is 0 Å². The number of rotatable bonds is 6. The second kappa shape index (κ2) is 10.3.